The molecule has 0 bridgehead atoms. The van der Waals surface area contributed by atoms with E-state index in [4.69, 9.17) is 4.74 Å². The monoisotopic (exact) mass is 294 g/mol. The lowest BCUT2D eigenvalue weighted by Crippen LogP contribution is -2.08. The fourth-order valence-electron chi connectivity index (χ4n) is 2.09. The van der Waals surface area contributed by atoms with E-state index in [1.54, 1.807) is 0 Å². The Morgan fingerprint density at radius 3 is 2.94 bits per heavy atom. The highest BCUT2D eigenvalue weighted by Crippen LogP contribution is 2.28. The zero-order chi connectivity index (χ0) is 12.1. The van der Waals surface area contributed by atoms with Crippen molar-refractivity contribution in [2.75, 3.05) is 11.9 Å². The number of benzene rings is 1. The van der Waals surface area contributed by atoms with Gasteiger partial charge in [0.15, 0.2) is 0 Å². The van der Waals surface area contributed by atoms with Gasteiger partial charge in [0.1, 0.15) is 12.4 Å². The first-order valence-electron chi connectivity index (χ1n) is 6.34. The molecule has 0 amide bonds. The summed E-state index contributed by atoms with van der Waals surface area (Å²) in [5, 5.41) is 0.895. The third-order valence-corrected chi connectivity index (χ3v) is 3.81. The van der Waals surface area contributed by atoms with E-state index in [2.05, 4.69) is 47.1 Å². The van der Waals surface area contributed by atoms with Crippen molar-refractivity contribution < 1.29 is 4.74 Å². The molecule has 1 aromatic carbocycles. The fourth-order valence-corrected chi connectivity index (χ4v) is 2.41. The molecule has 1 aliphatic rings. The summed E-state index contributed by atoms with van der Waals surface area (Å²) in [6.07, 6.45) is 7.30. The van der Waals surface area contributed by atoms with Crippen LogP contribution in [0.2, 0.25) is 0 Å². The van der Waals surface area contributed by atoms with E-state index in [0.717, 1.165) is 11.1 Å². The third kappa shape index (κ3) is 3.35. The van der Waals surface area contributed by atoms with Crippen molar-refractivity contribution in [1.29, 1.82) is 0 Å². The molecule has 0 saturated heterocycles. The second kappa shape index (κ2) is 6.25. The lowest BCUT2D eigenvalue weighted by atomic mass is 10.0. The van der Waals surface area contributed by atoms with E-state index >= 15 is 0 Å². The zero-order valence-electron chi connectivity index (χ0n) is 10.3. The van der Waals surface area contributed by atoms with Crippen LogP contribution in [0.4, 0.5) is 0 Å². The molecule has 0 aromatic heterocycles. The van der Waals surface area contributed by atoms with Gasteiger partial charge in [0, 0.05) is 10.9 Å². The first-order chi connectivity index (χ1) is 8.33. The van der Waals surface area contributed by atoms with Crippen molar-refractivity contribution in [2.24, 2.45) is 0 Å². The van der Waals surface area contributed by atoms with Gasteiger partial charge < -0.3 is 4.74 Å². The molecule has 0 N–H and O–H groups in total. The van der Waals surface area contributed by atoms with Gasteiger partial charge in [-0.3, -0.25) is 0 Å². The third-order valence-electron chi connectivity index (χ3n) is 3.09. The predicted octanol–water partition coefficient (Wildman–Crippen LogP) is 4.59. The van der Waals surface area contributed by atoms with E-state index < -0.39 is 0 Å². The Hall–Kier alpha value is -0.760. The normalized spacial score (nSPS) is 13.9. The Morgan fingerprint density at radius 1 is 1.29 bits per heavy atom. The van der Waals surface area contributed by atoms with Crippen LogP contribution in [0.15, 0.2) is 23.8 Å². The van der Waals surface area contributed by atoms with Gasteiger partial charge in [-0.2, -0.15) is 0 Å². The van der Waals surface area contributed by atoms with Crippen LogP contribution >= 0.6 is 15.9 Å². The minimum absolute atomic E-state index is 0.716. The second-order valence-corrected chi connectivity index (χ2v) is 5.11. The highest BCUT2D eigenvalue weighted by molar-refractivity contribution is 9.09. The van der Waals surface area contributed by atoms with Gasteiger partial charge in [0.2, 0.25) is 0 Å². The van der Waals surface area contributed by atoms with E-state index in [0.29, 0.717) is 6.61 Å². The minimum atomic E-state index is 0.716. The van der Waals surface area contributed by atoms with Crippen LogP contribution in [-0.2, 0) is 6.42 Å². The quantitative estimate of drug-likeness (QED) is 0.570. The summed E-state index contributed by atoms with van der Waals surface area (Å²) in [4.78, 5) is 0. The Labute approximate surface area is 112 Å². The van der Waals surface area contributed by atoms with Crippen molar-refractivity contribution in [1.82, 2.24) is 0 Å². The number of hydrogen-bond acceptors (Lipinski definition) is 1. The van der Waals surface area contributed by atoms with Gasteiger partial charge in [0.25, 0.3) is 0 Å². The number of rotatable bonds is 5. The van der Waals surface area contributed by atoms with Crippen molar-refractivity contribution in [3.05, 3.63) is 34.9 Å². The summed E-state index contributed by atoms with van der Waals surface area (Å²) in [5.41, 5.74) is 3.97. The van der Waals surface area contributed by atoms with Gasteiger partial charge in [-0.25, -0.2) is 0 Å². The lowest BCUT2D eigenvalue weighted by Gasteiger charge is -2.17. The maximum absolute atomic E-state index is 5.71. The molecule has 92 valence electrons. The predicted molar refractivity (Wildman–Crippen MR) is 76.9 cm³/mol. The number of unbranched alkanes of at least 4 members (excludes halogenated alkanes) is 2. The molecule has 17 heavy (non-hydrogen) atoms. The van der Waals surface area contributed by atoms with Crippen LogP contribution in [0, 0.1) is 0 Å². The highest BCUT2D eigenvalue weighted by atomic mass is 79.9. The molecule has 2 rings (SSSR count). The molecule has 1 aliphatic heterocycles. The summed E-state index contributed by atoms with van der Waals surface area (Å²) in [7, 11) is 0. The summed E-state index contributed by atoms with van der Waals surface area (Å²) in [6, 6.07) is 6.58. The molecule has 0 aliphatic carbocycles. The van der Waals surface area contributed by atoms with E-state index in [1.807, 2.05) is 0 Å². The number of aryl methyl sites for hydroxylation is 1. The Bertz CT molecular complexity index is 409. The van der Waals surface area contributed by atoms with E-state index in [9.17, 15) is 0 Å². The smallest absolute Gasteiger partial charge is 0.127 e. The molecule has 0 saturated carbocycles. The number of fused-ring (bicyclic) bond motifs is 1. The van der Waals surface area contributed by atoms with Crippen molar-refractivity contribution in [2.45, 2.75) is 32.6 Å². The Kier molecular flexibility index (Phi) is 4.66. The number of alkyl halides is 1. The van der Waals surface area contributed by atoms with Gasteiger partial charge in [-0.05, 0) is 42.2 Å². The maximum atomic E-state index is 5.71. The second-order valence-electron chi connectivity index (χ2n) is 4.55. The molecule has 0 fully saturated rings. The molecule has 0 atom stereocenters. The Morgan fingerprint density at radius 2 is 2.18 bits per heavy atom. The van der Waals surface area contributed by atoms with Crippen LogP contribution in [0.3, 0.4) is 0 Å². The van der Waals surface area contributed by atoms with Crippen LogP contribution < -0.4 is 4.74 Å². The van der Waals surface area contributed by atoms with Gasteiger partial charge >= 0.3 is 0 Å². The zero-order valence-corrected chi connectivity index (χ0v) is 11.9. The molecule has 1 heterocycles. The van der Waals surface area contributed by atoms with Crippen molar-refractivity contribution in [3.63, 3.8) is 0 Å². The summed E-state index contributed by atoms with van der Waals surface area (Å²) >= 11 is 3.48. The molecule has 0 unspecified atom stereocenters. The largest absolute Gasteiger partial charge is 0.489 e. The summed E-state index contributed by atoms with van der Waals surface area (Å²) < 4.78 is 5.71. The molecule has 2 heteroatoms. The summed E-state index contributed by atoms with van der Waals surface area (Å²) in [5.74, 6) is 1.02. The van der Waals surface area contributed by atoms with Gasteiger partial charge in [-0.15, -0.1) is 0 Å². The SMILES string of the molecule is CCCCCc1ccc2c(c1)C=C(CBr)CO2. The number of hydrogen-bond donors (Lipinski definition) is 0. The number of ether oxygens (including phenoxy) is 1. The van der Waals surface area contributed by atoms with Crippen molar-refractivity contribution in [3.8, 4) is 5.75 Å². The standard InChI is InChI=1S/C15H19BrO/c1-2-3-4-5-12-6-7-15-14(8-12)9-13(10-16)11-17-15/h6-9H,2-5,10-11H2,1H3. The van der Waals surface area contributed by atoms with Crippen LogP contribution in [0.25, 0.3) is 6.08 Å². The van der Waals surface area contributed by atoms with Gasteiger partial charge in [0.05, 0.1) is 0 Å². The van der Waals surface area contributed by atoms with Crippen molar-refractivity contribution >= 4 is 22.0 Å². The van der Waals surface area contributed by atoms with Crippen LogP contribution in [-0.4, -0.2) is 11.9 Å². The fraction of sp³-hybridized carbons (Fsp3) is 0.467. The molecular formula is C15H19BrO. The first kappa shape index (κ1) is 12.7. The van der Waals surface area contributed by atoms with E-state index in [1.165, 1.54) is 42.4 Å². The molecule has 1 nitrogen and oxygen atoms in total. The molecule has 1 aromatic rings. The lowest BCUT2D eigenvalue weighted by molar-refractivity contribution is 0.348. The molecule has 0 radical (unpaired) electrons. The van der Waals surface area contributed by atoms with Crippen LogP contribution in [0.1, 0.15) is 37.3 Å². The highest BCUT2D eigenvalue weighted by Gasteiger charge is 2.10. The van der Waals surface area contributed by atoms with E-state index in [-0.39, 0.29) is 0 Å². The maximum Gasteiger partial charge on any atom is 0.127 e. The molecule has 0 spiro atoms. The summed E-state index contributed by atoms with van der Waals surface area (Å²) in [6.45, 7) is 2.96. The van der Waals surface area contributed by atoms with Gasteiger partial charge in [-0.1, -0.05) is 41.8 Å². The van der Waals surface area contributed by atoms with Crippen LogP contribution in [0.5, 0.6) is 5.75 Å². The average Bonchev–Trinajstić information content (AvgIpc) is 2.38. The number of halogens is 1. The topological polar surface area (TPSA) is 9.23 Å². The Balaban J connectivity index is 2.11. The minimum Gasteiger partial charge on any atom is -0.489 e. The first-order valence-corrected chi connectivity index (χ1v) is 7.46. The average molecular weight is 295 g/mol. The molecular weight excluding hydrogens is 276 g/mol.